The number of hydrogen-bond donors (Lipinski definition) is 1. The molecule has 1 amide bonds. The molecule has 0 bridgehead atoms. The van der Waals surface area contributed by atoms with Gasteiger partial charge in [-0.3, -0.25) is 14.5 Å². The topological polar surface area (TPSA) is 101 Å². The molecule has 0 spiro atoms. The van der Waals surface area contributed by atoms with Gasteiger partial charge in [0.15, 0.2) is 5.17 Å². The number of carbonyl (C=O) groups excluding carboxylic acids is 1. The lowest BCUT2D eigenvalue weighted by Crippen LogP contribution is -2.30. The number of furan rings is 1. The van der Waals surface area contributed by atoms with Crippen LogP contribution in [0.15, 0.2) is 62.6 Å². The predicted octanol–water partition coefficient (Wildman–Crippen LogP) is 5.73. The van der Waals surface area contributed by atoms with Crippen LogP contribution in [0.2, 0.25) is 0 Å². The summed E-state index contributed by atoms with van der Waals surface area (Å²) in [5, 5.41) is 1.03. The highest BCUT2D eigenvalue weighted by atomic mass is 32.2. The second kappa shape index (κ2) is 10.2. The molecule has 194 valence electrons. The van der Waals surface area contributed by atoms with Gasteiger partial charge in [-0.1, -0.05) is 11.8 Å². The summed E-state index contributed by atoms with van der Waals surface area (Å²) in [5.41, 5.74) is 1.54. The summed E-state index contributed by atoms with van der Waals surface area (Å²) >= 11 is 2.80. The first-order valence-electron chi connectivity index (χ1n) is 11.9. The lowest BCUT2D eigenvalue weighted by atomic mass is 9.97. The van der Waals surface area contributed by atoms with E-state index in [1.165, 1.54) is 58.1 Å². The number of benzene rings is 1. The Bertz CT molecular complexity index is 1630. The maximum Gasteiger partial charge on any atom is 0.387 e. The molecular weight excluding hydrogens is 534 g/mol. The van der Waals surface area contributed by atoms with Gasteiger partial charge in [0.2, 0.25) is 0 Å². The van der Waals surface area contributed by atoms with Crippen molar-refractivity contribution in [1.29, 1.82) is 0 Å². The summed E-state index contributed by atoms with van der Waals surface area (Å²) in [7, 11) is 0. The highest BCUT2D eigenvalue weighted by Crippen LogP contribution is 2.35. The monoisotopic (exact) mass is 554 g/mol. The van der Waals surface area contributed by atoms with E-state index >= 15 is 0 Å². The number of aromatic nitrogens is 2. The summed E-state index contributed by atoms with van der Waals surface area (Å²) < 4.78 is 34.9. The number of alkyl halides is 2. The zero-order valence-corrected chi connectivity index (χ0v) is 21.4. The van der Waals surface area contributed by atoms with Gasteiger partial charge in [0.25, 0.3) is 11.5 Å². The number of anilines is 1. The van der Waals surface area contributed by atoms with E-state index in [-0.39, 0.29) is 22.8 Å². The Labute approximate surface area is 223 Å². The fourth-order valence-corrected chi connectivity index (χ4v) is 6.68. The minimum absolute atomic E-state index is 0.0263. The summed E-state index contributed by atoms with van der Waals surface area (Å²) in [4.78, 5) is 41.7. The van der Waals surface area contributed by atoms with Gasteiger partial charge in [-0.15, -0.1) is 11.3 Å². The van der Waals surface area contributed by atoms with Gasteiger partial charge in [-0.05, 0) is 67.6 Å². The number of thioether (sulfide) groups is 1. The van der Waals surface area contributed by atoms with Crippen LogP contribution in [0.5, 0.6) is 5.75 Å². The zero-order chi connectivity index (χ0) is 26.2. The molecule has 3 aromatic heterocycles. The van der Waals surface area contributed by atoms with Crippen molar-refractivity contribution in [2.24, 2.45) is 4.99 Å². The zero-order valence-electron chi connectivity index (χ0n) is 19.8. The second-order valence-electron chi connectivity index (χ2n) is 8.64. The molecule has 1 aromatic carbocycles. The Hall–Kier alpha value is -3.77. The number of thiophene rings is 1. The molecule has 0 saturated heterocycles. The number of H-pyrrole nitrogens is 1. The van der Waals surface area contributed by atoms with E-state index < -0.39 is 12.5 Å². The van der Waals surface area contributed by atoms with Crippen LogP contribution < -0.4 is 15.2 Å². The average molecular weight is 555 g/mol. The normalized spacial score (nSPS) is 16.5. The number of carbonyl (C=O) groups is 1. The first-order chi connectivity index (χ1) is 18.5. The molecule has 0 unspecified atom stereocenters. The van der Waals surface area contributed by atoms with Gasteiger partial charge in [0.05, 0.1) is 23.1 Å². The molecule has 0 fully saturated rings. The SMILES string of the molecule is O=C1/C(=C/c2ccco2)N=C(SCc2nc3sc4c(c3c(=O)[nH]2)CCCC4)N1c1ccc(OC(F)F)cc1. The van der Waals surface area contributed by atoms with Gasteiger partial charge in [0.1, 0.15) is 27.9 Å². The van der Waals surface area contributed by atoms with Crippen molar-refractivity contribution in [1.82, 2.24) is 9.97 Å². The van der Waals surface area contributed by atoms with Crippen molar-refractivity contribution in [3.63, 3.8) is 0 Å². The summed E-state index contributed by atoms with van der Waals surface area (Å²) in [6.07, 6.45) is 7.08. The highest BCUT2D eigenvalue weighted by molar-refractivity contribution is 8.13. The summed E-state index contributed by atoms with van der Waals surface area (Å²) in [6.45, 7) is -2.95. The number of hydrogen-bond acceptors (Lipinski definition) is 8. The van der Waals surface area contributed by atoms with Crippen LogP contribution in [0.1, 0.15) is 34.9 Å². The molecule has 0 saturated carbocycles. The Morgan fingerprint density at radius 2 is 2.00 bits per heavy atom. The molecule has 2 aliphatic rings. The van der Waals surface area contributed by atoms with Crippen LogP contribution in [0.3, 0.4) is 0 Å². The van der Waals surface area contributed by atoms with Crippen molar-refractivity contribution in [2.75, 3.05) is 4.90 Å². The molecular formula is C26H20F2N4O4S2. The van der Waals surface area contributed by atoms with Crippen LogP contribution in [0.4, 0.5) is 14.5 Å². The Balaban J connectivity index is 1.30. The van der Waals surface area contributed by atoms with E-state index in [2.05, 4.69) is 14.7 Å². The van der Waals surface area contributed by atoms with Crippen molar-refractivity contribution in [3.05, 3.63) is 80.7 Å². The number of nitrogens with one attached hydrogen (secondary N) is 1. The number of aryl methyl sites for hydroxylation is 2. The molecule has 0 atom stereocenters. The number of rotatable bonds is 6. The molecule has 0 radical (unpaired) electrons. The van der Waals surface area contributed by atoms with E-state index in [0.29, 0.717) is 27.8 Å². The van der Waals surface area contributed by atoms with Gasteiger partial charge >= 0.3 is 6.61 Å². The number of aliphatic imine (C=N–C) groups is 1. The predicted molar refractivity (Wildman–Crippen MR) is 143 cm³/mol. The standard InChI is InChI=1S/C26H20F2N4O4S2/c27-25(28)36-15-9-7-14(8-10-15)32-24(34)18(12-16-4-3-11-35-16)29-26(32)37-13-20-30-22(33)21-17-5-1-2-6-19(17)38-23(21)31-20/h3-4,7-12,25H,1-2,5-6,13H2,(H,30,31,33)/b18-12-. The minimum Gasteiger partial charge on any atom is -0.465 e. The fourth-order valence-electron chi connectivity index (χ4n) is 4.52. The first-order valence-corrected chi connectivity index (χ1v) is 13.7. The number of halogens is 2. The van der Waals surface area contributed by atoms with Crippen molar-refractivity contribution in [3.8, 4) is 5.75 Å². The van der Waals surface area contributed by atoms with Crippen LogP contribution in [-0.2, 0) is 23.4 Å². The molecule has 4 heterocycles. The Morgan fingerprint density at radius 3 is 2.76 bits per heavy atom. The van der Waals surface area contributed by atoms with E-state index in [1.54, 1.807) is 23.5 Å². The number of fused-ring (bicyclic) bond motifs is 3. The van der Waals surface area contributed by atoms with Crippen molar-refractivity contribution in [2.45, 2.75) is 38.0 Å². The van der Waals surface area contributed by atoms with Gasteiger partial charge < -0.3 is 14.1 Å². The van der Waals surface area contributed by atoms with E-state index in [9.17, 15) is 18.4 Å². The molecule has 1 N–H and O–H groups in total. The molecule has 12 heteroatoms. The number of amides is 1. The molecule has 38 heavy (non-hydrogen) atoms. The lowest BCUT2D eigenvalue weighted by molar-refractivity contribution is -0.113. The maximum absolute atomic E-state index is 13.3. The van der Waals surface area contributed by atoms with Crippen LogP contribution in [0, 0.1) is 0 Å². The maximum atomic E-state index is 13.3. The van der Waals surface area contributed by atoms with Crippen LogP contribution in [-0.4, -0.2) is 27.7 Å². The van der Waals surface area contributed by atoms with Crippen LogP contribution in [0.25, 0.3) is 16.3 Å². The average Bonchev–Trinajstić information content (AvgIpc) is 3.61. The van der Waals surface area contributed by atoms with Gasteiger partial charge in [-0.2, -0.15) is 8.78 Å². The van der Waals surface area contributed by atoms with Gasteiger partial charge in [-0.25, -0.2) is 9.98 Å². The molecule has 6 rings (SSSR count). The lowest BCUT2D eigenvalue weighted by Gasteiger charge is -2.18. The Morgan fingerprint density at radius 1 is 1.18 bits per heavy atom. The third-order valence-corrected chi connectivity index (χ3v) is 8.32. The molecule has 8 nitrogen and oxygen atoms in total. The highest BCUT2D eigenvalue weighted by Gasteiger charge is 2.32. The third kappa shape index (κ3) is 4.76. The number of ether oxygens (including phenoxy) is 1. The Kier molecular flexibility index (Phi) is 6.58. The molecule has 1 aliphatic carbocycles. The van der Waals surface area contributed by atoms with Crippen molar-refractivity contribution < 1.29 is 22.7 Å². The van der Waals surface area contributed by atoms with Crippen molar-refractivity contribution >= 4 is 56.2 Å². The van der Waals surface area contributed by atoms with Gasteiger partial charge in [0, 0.05) is 11.0 Å². The number of nitrogens with zero attached hydrogens (tertiary/aromatic N) is 3. The quantitative estimate of drug-likeness (QED) is 0.305. The minimum atomic E-state index is -2.95. The van der Waals surface area contributed by atoms with E-state index in [0.717, 1.165) is 36.1 Å². The van der Waals surface area contributed by atoms with Crippen LogP contribution >= 0.6 is 23.1 Å². The molecule has 4 aromatic rings. The second-order valence-corrected chi connectivity index (χ2v) is 10.7. The molecule has 1 aliphatic heterocycles. The fraction of sp³-hybridized carbons (Fsp3) is 0.231. The summed E-state index contributed by atoms with van der Waals surface area (Å²) in [5.74, 6) is 0.764. The van der Waals surface area contributed by atoms with E-state index in [1.807, 2.05) is 0 Å². The summed E-state index contributed by atoms with van der Waals surface area (Å²) in [6, 6.07) is 9.12. The smallest absolute Gasteiger partial charge is 0.387 e. The van der Waals surface area contributed by atoms with E-state index in [4.69, 9.17) is 9.40 Å². The number of aromatic amines is 1. The largest absolute Gasteiger partial charge is 0.465 e. The number of amidine groups is 1. The first kappa shape index (κ1) is 24.6. The third-order valence-electron chi connectivity index (χ3n) is 6.18.